The maximum absolute atomic E-state index is 13.2. The second-order valence-corrected chi connectivity index (χ2v) is 8.69. The molecule has 29 heavy (non-hydrogen) atoms. The van der Waals surface area contributed by atoms with Crippen LogP contribution in [0.4, 0.5) is 10.2 Å². The number of hydrogen-bond acceptors (Lipinski definition) is 7. The number of hydrogen-bond donors (Lipinski definition) is 0. The van der Waals surface area contributed by atoms with E-state index in [0.29, 0.717) is 49.1 Å². The Labute approximate surface area is 168 Å². The summed E-state index contributed by atoms with van der Waals surface area (Å²) in [5.41, 5.74) is 1.83. The third-order valence-electron chi connectivity index (χ3n) is 4.92. The van der Waals surface area contributed by atoms with Crippen LogP contribution in [0.25, 0.3) is 11.3 Å². The molecule has 152 valence electrons. The first kappa shape index (κ1) is 19.5. The molecule has 0 saturated carbocycles. The molecule has 0 bridgehead atoms. The Hall–Kier alpha value is -2.85. The topological polar surface area (TPSA) is 92.4 Å². The molecule has 2 aromatic heterocycles. The van der Waals surface area contributed by atoms with Gasteiger partial charge in [-0.05, 0) is 38.1 Å². The van der Waals surface area contributed by atoms with E-state index < -0.39 is 10.0 Å². The molecule has 8 nitrogen and oxygen atoms in total. The first-order chi connectivity index (χ1) is 13.9. The van der Waals surface area contributed by atoms with Crippen LogP contribution in [0.15, 0.2) is 46.1 Å². The van der Waals surface area contributed by atoms with Crippen LogP contribution >= 0.6 is 0 Å². The van der Waals surface area contributed by atoms with Crippen molar-refractivity contribution in [1.29, 1.82) is 0 Å². The van der Waals surface area contributed by atoms with E-state index in [0.717, 1.165) is 5.56 Å². The zero-order valence-electron chi connectivity index (χ0n) is 16.0. The number of anilines is 1. The summed E-state index contributed by atoms with van der Waals surface area (Å²) < 4.78 is 45.5. The van der Waals surface area contributed by atoms with E-state index >= 15 is 0 Å². The van der Waals surface area contributed by atoms with Crippen LogP contribution in [0, 0.1) is 19.7 Å². The minimum absolute atomic E-state index is 0.145. The Kier molecular flexibility index (Phi) is 5.05. The lowest BCUT2D eigenvalue weighted by molar-refractivity contribution is 0.378. The van der Waals surface area contributed by atoms with Crippen molar-refractivity contribution < 1.29 is 17.3 Å². The van der Waals surface area contributed by atoms with Gasteiger partial charge in [0.15, 0.2) is 5.76 Å². The Balaban J connectivity index is 1.50. The summed E-state index contributed by atoms with van der Waals surface area (Å²) in [7, 11) is -3.66. The first-order valence-electron chi connectivity index (χ1n) is 9.12. The second-order valence-electron chi connectivity index (χ2n) is 6.81. The number of rotatable bonds is 4. The van der Waals surface area contributed by atoms with E-state index in [9.17, 15) is 12.8 Å². The SMILES string of the molecule is Cc1noc(C)c1S(=O)(=O)N1CCN(c2cc(-c3ccc(F)cc3)ncn2)CC1. The third-order valence-corrected chi connectivity index (χ3v) is 7.06. The van der Waals surface area contributed by atoms with Gasteiger partial charge in [0.05, 0.1) is 5.69 Å². The van der Waals surface area contributed by atoms with Crippen molar-refractivity contribution in [3.05, 3.63) is 53.9 Å². The van der Waals surface area contributed by atoms with Gasteiger partial charge in [0.2, 0.25) is 10.0 Å². The van der Waals surface area contributed by atoms with Gasteiger partial charge in [-0.2, -0.15) is 4.31 Å². The third kappa shape index (κ3) is 3.73. The summed E-state index contributed by atoms with van der Waals surface area (Å²) in [6.45, 7) is 4.84. The highest BCUT2D eigenvalue weighted by molar-refractivity contribution is 7.89. The van der Waals surface area contributed by atoms with E-state index in [1.807, 2.05) is 11.0 Å². The highest BCUT2D eigenvalue weighted by Crippen LogP contribution is 2.26. The number of nitrogens with zero attached hydrogens (tertiary/aromatic N) is 5. The van der Waals surface area contributed by atoms with Crippen LogP contribution in [0.3, 0.4) is 0 Å². The largest absolute Gasteiger partial charge is 0.360 e. The zero-order chi connectivity index (χ0) is 20.6. The first-order valence-corrected chi connectivity index (χ1v) is 10.6. The summed E-state index contributed by atoms with van der Waals surface area (Å²) in [5, 5.41) is 3.75. The fraction of sp³-hybridized carbons (Fsp3) is 0.316. The molecule has 1 aliphatic heterocycles. The Morgan fingerprint density at radius 3 is 2.34 bits per heavy atom. The molecular weight excluding hydrogens is 397 g/mol. The maximum atomic E-state index is 13.2. The van der Waals surface area contributed by atoms with E-state index in [1.54, 1.807) is 26.0 Å². The number of aromatic nitrogens is 3. The van der Waals surface area contributed by atoms with Gasteiger partial charge in [-0.15, -0.1) is 0 Å². The predicted molar refractivity (Wildman–Crippen MR) is 104 cm³/mol. The average Bonchev–Trinajstić information content (AvgIpc) is 3.07. The fourth-order valence-corrected chi connectivity index (χ4v) is 5.14. The number of piperazine rings is 1. The highest BCUT2D eigenvalue weighted by Gasteiger charge is 2.33. The Morgan fingerprint density at radius 2 is 1.72 bits per heavy atom. The van der Waals surface area contributed by atoms with Gasteiger partial charge in [0.1, 0.15) is 28.6 Å². The molecule has 3 aromatic rings. The van der Waals surface area contributed by atoms with Crippen molar-refractivity contribution in [2.24, 2.45) is 0 Å². The lowest BCUT2D eigenvalue weighted by Gasteiger charge is -2.34. The van der Waals surface area contributed by atoms with E-state index in [-0.39, 0.29) is 10.7 Å². The summed E-state index contributed by atoms with van der Waals surface area (Å²) in [6, 6.07) is 7.92. The smallest absolute Gasteiger partial charge is 0.248 e. The highest BCUT2D eigenvalue weighted by atomic mass is 32.2. The summed E-state index contributed by atoms with van der Waals surface area (Å²) in [5.74, 6) is 0.692. The van der Waals surface area contributed by atoms with Crippen LogP contribution in [0.1, 0.15) is 11.5 Å². The molecule has 1 aromatic carbocycles. The van der Waals surface area contributed by atoms with Gasteiger partial charge in [-0.25, -0.2) is 22.8 Å². The van der Waals surface area contributed by atoms with Crippen molar-refractivity contribution in [2.75, 3.05) is 31.1 Å². The van der Waals surface area contributed by atoms with Gasteiger partial charge < -0.3 is 9.42 Å². The second kappa shape index (κ2) is 7.53. The van der Waals surface area contributed by atoms with Gasteiger partial charge in [-0.3, -0.25) is 0 Å². The van der Waals surface area contributed by atoms with Crippen molar-refractivity contribution in [2.45, 2.75) is 18.7 Å². The standard InChI is InChI=1S/C19H20FN5O3S/c1-13-19(14(2)28-23-13)29(26,27)25-9-7-24(8-10-25)18-11-17(21-12-22-18)15-3-5-16(20)6-4-15/h3-6,11-12H,7-10H2,1-2H3. The minimum Gasteiger partial charge on any atom is -0.360 e. The molecule has 1 saturated heterocycles. The molecule has 0 N–H and O–H groups in total. The number of halogens is 1. The Morgan fingerprint density at radius 1 is 1.03 bits per heavy atom. The molecule has 0 amide bonds. The van der Waals surface area contributed by atoms with Gasteiger partial charge in [0.25, 0.3) is 0 Å². The minimum atomic E-state index is -3.66. The summed E-state index contributed by atoms with van der Waals surface area (Å²) in [4.78, 5) is 10.7. The molecule has 0 spiro atoms. The van der Waals surface area contributed by atoms with Gasteiger partial charge >= 0.3 is 0 Å². The molecule has 3 heterocycles. The maximum Gasteiger partial charge on any atom is 0.248 e. The van der Waals surface area contributed by atoms with Crippen molar-refractivity contribution >= 4 is 15.8 Å². The molecular formula is C19H20FN5O3S. The summed E-state index contributed by atoms with van der Waals surface area (Å²) in [6.07, 6.45) is 1.46. The number of benzene rings is 1. The monoisotopic (exact) mass is 417 g/mol. The lowest BCUT2D eigenvalue weighted by Crippen LogP contribution is -2.49. The molecule has 1 aliphatic rings. The molecule has 0 aliphatic carbocycles. The van der Waals surface area contributed by atoms with E-state index in [1.165, 1.54) is 22.8 Å². The molecule has 10 heteroatoms. The molecule has 1 fully saturated rings. The lowest BCUT2D eigenvalue weighted by atomic mass is 10.1. The van der Waals surface area contributed by atoms with Gasteiger partial charge in [0, 0.05) is 37.8 Å². The van der Waals surface area contributed by atoms with Crippen LogP contribution < -0.4 is 4.90 Å². The molecule has 4 rings (SSSR count). The Bertz CT molecular complexity index is 1100. The van der Waals surface area contributed by atoms with Crippen LogP contribution in [-0.4, -0.2) is 54.0 Å². The number of aryl methyl sites for hydroxylation is 2. The van der Waals surface area contributed by atoms with E-state index in [2.05, 4.69) is 15.1 Å². The quantitative estimate of drug-likeness (QED) is 0.644. The number of sulfonamides is 1. The molecule has 0 unspecified atom stereocenters. The normalized spacial score (nSPS) is 15.6. The summed E-state index contributed by atoms with van der Waals surface area (Å²) >= 11 is 0. The fourth-order valence-electron chi connectivity index (χ4n) is 3.43. The van der Waals surface area contributed by atoms with Gasteiger partial charge in [-0.1, -0.05) is 5.16 Å². The van der Waals surface area contributed by atoms with Crippen molar-refractivity contribution in [3.8, 4) is 11.3 Å². The predicted octanol–water partition coefficient (Wildman–Crippen LogP) is 2.40. The van der Waals surface area contributed by atoms with E-state index in [4.69, 9.17) is 4.52 Å². The van der Waals surface area contributed by atoms with Crippen LogP contribution in [0.5, 0.6) is 0 Å². The average molecular weight is 417 g/mol. The zero-order valence-corrected chi connectivity index (χ0v) is 16.9. The molecule has 0 radical (unpaired) electrons. The van der Waals surface area contributed by atoms with Crippen LogP contribution in [-0.2, 0) is 10.0 Å². The van der Waals surface area contributed by atoms with Crippen LogP contribution in [0.2, 0.25) is 0 Å². The molecule has 0 atom stereocenters. The van der Waals surface area contributed by atoms with Crippen molar-refractivity contribution in [1.82, 2.24) is 19.4 Å². The van der Waals surface area contributed by atoms with Crippen molar-refractivity contribution in [3.63, 3.8) is 0 Å².